The van der Waals surface area contributed by atoms with Crippen LogP contribution in [0.5, 0.6) is 0 Å². The fourth-order valence-corrected chi connectivity index (χ4v) is 3.26. The van der Waals surface area contributed by atoms with Crippen molar-refractivity contribution in [2.75, 3.05) is 0 Å². The van der Waals surface area contributed by atoms with Gasteiger partial charge < -0.3 is 10.4 Å². The van der Waals surface area contributed by atoms with Crippen LogP contribution in [0.1, 0.15) is 60.6 Å². The Balaban J connectivity index is 1.90. The number of carbonyl (C=O) groups excluding carboxylic acids is 1. The van der Waals surface area contributed by atoms with Crippen LogP contribution in [0.25, 0.3) is 0 Å². The normalized spacial score (nSPS) is 18.1. The zero-order valence-corrected chi connectivity index (χ0v) is 13.5. The molecule has 1 aliphatic rings. The molecule has 0 saturated heterocycles. The van der Waals surface area contributed by atoms with E-state index in [1.54, 1.807) is 0 Å². The standard InChI is InChI=1S/C20H23NO2/c1-2-19(22)21-18-10-6-9-14-11-12-16(13-17(14)18)20(23)15-7-4-3-5-8-15/h3-5,7-8,11-13,18,20,23H,2,6,9-10H2,1H3,(H,21,22). The van der Waals surface area contributed by atoms with Gasteiger partial charge in [0.15, 0.2) is 0 Å². The molecule has 2 aromatic rings. The highest BCUT2D eigenvalue weighted by atomic mass is 16.3. The lowest BCUT2D eigenvalue weighted by Crippen LogP contribution is -2.30. The lowest BCUT2D eigenvalue weighted by atomic mass is 9.85. The summed E-state index contributed by atoms with van der Waals surface area (Å²) in [5.74, 6) is 0.0804. The van der Waals surface area contributed by atoms with Crippen LogP contribution in [0.3, 0.4) is 0 Å². The summed E-state index contributed by atoms with van der Waals surface area (Å²) in [5.41, 5.74) is 4.21. The fraction of sp³-hybridized carbons (Fsp3) is 0.350. The van der Waals surface area contributed by atoms with E-state index in [2.05, 4.69) is 17.4 Å². The molecule has 0 saturated carbocycles. The molecular weight excluding hydrogens is 286 g/mol. The van der Waals surface area contributed by atoms with Gasteiger partial charge in [0.25, 0.3) is 0 Å². The first kappa shape index (κ1) is 15.8. The highest BCUT2D eigenvalue weighted by molar-refractivity contribution is 5.76. The summed E-state index contributed by atoms with van der Waals surface area (Å²) in [7, 11) is 0. The molecule has 3 nitrogen and oxygen atoms in total. The minimum Gasteiger partial charge on any atom is -0.384 e. The largest absolute Gasteiger partial charge is 0.384 e. The molecule has 0 bridgehead atoms. The van der Waals surface area contributed by atoms with Gasteiger partial charge in [-0.15, -0.1) is 0 Å². The minimum atomic E-state index is -0.633. The average Bonchev–Trinajstić information content (AvgIpc) is 2.61. The molecule has 2 aromatic carbocycles. The Kier molecular flexibility index (Phi) is 4.77. The van der Waals surface area contributed by atoms with Gasteiger partial charge in [-0.3, -0.25) is 4.79 Å². The summed E-state index contributed by atoms with van der Waals surface area (Å²) in [5, 5.41) is 13.7. The first-order valence-corrected chi connectivity index (χ1v) is 8.34. The van der Waals surface area contributed by atoms with Crippen LogP contribution in [-0.4, -0.2) is 11.0 Å². The number of fused-ring (bicyclic) bond motifs is 1. The molecule has 0 aliphatic heterocycles. The molecule has 0 radical (unpaired) electrons. The van der Waals surface area contributed by atoms with Crippen LogP contribution in [-0.2, 0) is 11.2 Å². The molecule has 2 unspecified atom stereocenters. The van der Waals surface area contributed by atoms with E-state index in [0.717, 1.165) is 36.0 Å². The lowest BCUT2D eigenvalue weighted by Gasteiger charge is -2.27. The van der Waals surface area contributed by atoms with Gasteiger partial charge in [-0.05, 0) is 41.5 Å². The van der Waals surface area contributed by atoms with Crippen LogP contribution in [0, 0.1) is 0 Å². The predicted molar refractivity (Wildman–Crippen MR) is 91.1 cm³/mol. The lowest BCUT2D eigenvalue weighted by molar-refractivity contribution is -0.121. The van der Waals surface area contributed by atoms with E-state index in [1.165, 1.54) is 5.56 Å². The number of hydrogen-bond acceptors (Lipinski definition) is 2. The Morgan fingerprint density at radius 3 is 2.74 bits per heavy atom. The highest BCUT2D eigenvalue weighted by Crippen LogP contribution is 2.33. The van der Waals surface area contributed by atoms with Crippen molar-refractivity contribution < 1.29 is 9.90 Å². The van der Waals surface area contributed by atoms with E-state index in [1.807, 2.05) is 43.3 Å². The van der Waals surface area contributed by atoms with Crippen molar-refractivity contribution >= 4 is 5.91 Å². The van der Waals surface area contributed by atoms with E-state index < -0.39 is 6.10 Å². The van der Waals surface area contributed by atoms with Gasteiger partial charge in [0, 0.05) is 6.42 Å². The van der Waals surface area contributed by atoms with Gasteiger partial charge in [-0.25, -0.2) is 0 Å². The van der Waals surface area contributed by atoms with E-state index in [4.69, 9.17) is 0 Å². The van der Waals surface area contributed by atoms with E-state index >= 15 is 0 Å². The van der Waals surface area contributed by atoms with Gasteiger partial charge in [0.05, 0.1) is 6.04 Å². The van der Waals surface area contributed by atoms with Gasteiger partial charge in [-0.1, -0.05) is 55.5 Å². The van der Waals surface area contributed by atoms with Gasteiger partial charge in [0.2, 0.25) is 5.91 Å². The van der Waals surface area contributed by atoms with Crippen molar-refractivity contribution in [3.8, 4) is 0 Å². The molecule has 0 heterocycles. The monoisotopic (exact) mass is 309 g/mol. The van der Waals surface area contributed by atoms with Crippen molar-refractivity contribution in [2.24, 2.45) is 0 Å². The van der Waals surface area contributed by atoms with E-state index in [9.17, 15) is 9.90 Å². The maximum atomic E-state index is 11.8. The van der Waals surface area contributed by atoms with Gasteiger partial charge in [-0.2, -0.15) is 0 Å². The Morgan fingerprint density at radius 2 is 2.00 bits per heavy atom. The van der Waals surface area contributed by atoms with Crippen LogP contribution in [0.4, 0.5) is 0 Å². The summed E-state index contributed by atoms with van der Waals surface area (Å²) < 4.78 is 0. The third-order valence-electron chi connectivity index (χ3n) is 4.57. The summed E-state index contributed by atoms with van der Waals surface area (Å²) in [6.45, 7) is 1.87. The molecule has 120 valence electrons. The van der Waals surface area contributed by atoms with Gasteiger partial charge >= 0.3 is 0 Å². The summed E-state index contributed by atoms with van der Waals surface area (Å²) >= 11 is 0. The number of nitrogens with one attached hydrogen (secondary N) is 1. The zero-order chi connectivity index (χ0) is 16.2. The van der Waals surface area contributed by atoms with Crippen molar-refractivity contribution in [3.05, 3.63) is 70.8 Å². The summed E-state index contributed by atoms with van der Waals surface area (Å²) in [4.78, 5) is 11.8. The molecule has 2 N–H and O–H groups in total. The quantitative estimate of drug-likeness (QED) is 0.905. The number of amides is 1. The maximum absolute atomic E-state index is 11.8. The third kappa shape index (κ3) is 3.45. The van der Waals surface area contributed by atoms with E-state index in [0.29, 0.717) is 6.42 Å². The Hall–Kier alpha value is -2.13. The molecule has 3 rings (SSSR count). The fourth-order valence-electron chi connectivity index (χ4n) is 3.26. The second-order valence-electron chi connectivity index (χ2n) is 6.14. The summed E-state index contributed by atoms with van der Waals surface area (Å²) in [6, 6.07) is 15.9. The zero-order valence-electron chi connectivity index (χ0n) is 13.5. The average molecular weight is 309 g/mol. The molecule has 1 aliphatic carbocycles. The van der Waals surface area contributed by atoms with Gasteiger partial charge in [0.1, 0.15) is 6.10 Å². The first-order valence-electron chi connectivity index (χ1n) is 8.34. The van der Waals surface area contributed by atoms with Crippen molar-refractivity contribution in [2.45, 2.75) is 44.8 Å². The van der Waals surface area contributed by atoms with Crippen molar-refractivity contribution in [1.29, 1.82) is 0 Å². The number of hydrogen-bond donors (Lipinski definition) is 2. The summed E-state index contributed by atoms with van der Waals surface area (Å²) in [6.07, 6.45) is 2.95. The van der Waals surface area contributed by atoms with Crippen LogP contribution in [0.2, 0.25) is 0 Å². The number of aliphatic hydroxyl groups excluding tert-OH is 1. The highest BCUT2D eigenvalue weighted by Gasteiger charge is 2.23. The SMILES string of the molecule is CCC(=O)NC1CCCc2ccc(C(O)c3ccccc3)cc21. The molecule has 0 fully saturated rings. The Morgan fingerprint density at radius 1 is 1.22 bits per heavy atom. The van der Waals surface area contributed by atoms with Crippen molar-refractivity contribution in [1.82, 2.24) is 5.32 Å². The topological polar surface area (TPSA) is 49.3 Å². The number of carbonyl (C=O) groups is 1. The minimum absolute atomic E-state index is 0.0640. The Labute approximate surface area is 137 Å². The molecule has 2 atom stereocenters. The molecule has 23 heavy (non-hydrogen) atoms. The van der Waals surface area contributed by atoms with Crippen LogP contribution >= 0.6 is 0 Å². The number of aliphatic hydroxyl groups is 1. The number of benzene rings is 2. The molecular formula is C20H23NO2. The molecule has 0 spiro atoms. The number of rotatable bonds is 4. The first-order chi connectivity index (χ1) is 11.2. The number of aryl methyl sites for hydroxylation is 1. The molecule has 0 aromatic heterocycles. The second-order valence-corrected chi connectivity index (χ2v) is 6.14. The van der Waals surface area contributed by atoms with Crippen molar-refractivity contribution in [3.63, 3.8) is 0 Å². The van der Waals surface area contributed by atoms with E-state index in [-0.39, 0.29) is 11.9 Å². The smallest absolute Gasteiger partial charge is 0.220 e. The predicted octanol–water partition coefficient (Wildman–Crippen LogP) is 3.67. The third-order valence-corrected chi connectivity index (χ3v) is 4.57. The molecule has 3 heteroatoms. The second kappa shape index (κ2) is 6.97. The molecule has 1 amide bonds. The maximum Gasteiger partial charge on any atom is 0.220 e. The van der Waals surface area contributed by atoms with Crippen LogP contribution in [0.15, 0.2) is 48.5 Å². The van der Waals surface area contributed by atoms with Crippen LogP contribution < -0.4 is 5.32 Å². The Bertz CT molecular complexity index is 681.